The van der Waals surface area contributed by atoms with Gasteiger partial charge in [-0.3, -0.25) is 8.98 Å². The summed E-state index contributed by atoms with van der Waals surface area (Å²) in [6, 6.07) is 5.60. The third-order valence-corrected chi connectivity index (χ3v) is 3.52. The second-order valence-corrected chi connectivity index (χ2v) is 5.59. The fourth-order valence-electron chi connectivity index (χ4n) is 1.34. The molecule has 0 atom stereocenters. The molecular weight excluding hydrogens is 266 g/mol. The fraction of sp³-hybridized carbons (Fsp3) is 0.308. The highest BCUT2D eigenvalue weighted by Crippen LogP contribution is 2.15. The summed E-state index contributed by atoms with van der Waals surface area (Å²) in [4.78, 5) is 11.6. The number of amides is 1. The van der Waals surface area contributed by atoms with Crippen LogP contribution >= 0.6 is 0 Å². The summed E-state index contributed by atoms with van der Waals surface area (Å²) < 4.78 is 28.5. The van der Waals surface area contributed by atoms with E-state index in [2.05, 4.69) is 11.2 Å². The topological polar surface area (TPSA) is 72.5 Å². The van der Waals surface area contributed by atoms with E-state index in [9.17, 15) is 13.2 Å². The minimum absolute atomic E-state index is 0.0606. The number of nitrogens with one attached hydrogen (secondary N) is 1. The zero-order valence-corrected chi connectivity index (χ0v) is 11.5. The monoisotopic (exact) mass is 281 g/mol. The normalized spacial score (nSPS) is 11.1. The summed E-state index contributed by atoms with van der Waals surface area (Å²) in [5, 5.41) is 2.46. The number of terminal acetylenes is 1. The number of carbonyl (C=O) groups excluding carboxylic acids is 1. The van der Waals surface area contributed by atoms with Gasteiger partial charge in [0.15, 0.2) is 0 Å². The van der Waals surface area contributed by atoms with E-state index in [1.165, 1.54) is 24.3 Å². The van der Waals surface area contributed by atoms with Gasteiger partial charge in [0.05, 0.1) is 17.5 Å². The summed E-state index contributed by atoms with van der Waals surface area (Å²) in [6.45, 7) is 3.31. The Bertz CT molecular complexity index is 599. The number of hydrogen-bond acceptors (Lipinski definition) is 4. The highest BCUT2D eigenvalue weighted by atomic mass is 32.2. The molecule has 0 saturated carbocycles. The Morgan fingerprint density at radius 2 is 2.16 bits per heavy atom. The summed E-state index contributed by atoms with van der Waals surface area (Å²) in [5.74, 6) is 1.83. The Hall–Kier alpha value is -1.84. The predicted molar refractivity (Wildman–Crippen MR) is 71.0 cm³/mol. The third kappa shape index (κ3) is 4.39. The molecule has 0 aliphatic rings. The Morgan fingerprint density at radius 3 is 2.74 bits per heavy atom. The van der Waals surface area contributed by atoms with Crippen molar-refractivity contribution in [3.05, 3.63) is 29.8 Å². The van der Waals surface area contributed by atoms with Crippen molar-refractivity contribution in [1.29, 1.82) is 0 Å². The summed E-state index contributed by atoms with van der Waals surface area (Å²) >= 11 is 0. The van der Waals surface area contributed by atoms with Crippen molar-refractivity contribution < 1.29 is 17.4 Å². The Morgan fingerprint density at radius 1 is 1.47 bits per heavy atom. The minimum Gasteiger partial charge on any atom is -0.341 e. The van der Waals surface area contributed by atoms with Crippen molar-refractivity contribution in [1.82, 2.24) is 5.32 Å². The molecule has 0 unspecified atom stereocenters. The Balaban J connectivity index is 3.01. The van der Waals surface area contributed by atoms with Crippen molar-refractivity contribution in [2.45, 2.75) is 24.8 Å². The Labute approximate surface area is 113 Å². The quantitative estimate of drug-likeness (QED) is 0.649. The van der Waals surface area contributed by atoms with Crippen molar-refractivity contribution in [2.24, 2.45) is 0 Å². The largest absolute Gasteiger partial charge is 0.341 e. The summed E-state index contributed by atoms with van der Waals surface area (Å²) in [7, 11) is -3.86. The molecular formula is C13H15NO4S. The van der Waals surface area contributed by atoms with Crippen LogP contribution in [0.25, 0.3) is 0 Å². The first-order valence-electron chi connectivity index (χ1n) is 5.62. The average molecular weight is 281 g/mol. The smallest absolute Gasteiger partial charge is 0.297 e. The molecule has 5 nitrogen and oxygen atoms in total. The number of rotatable bonds is 5. The highest BCUT2D eigenvalue weighted by molar-refractivity contribution is 7.86. The van der Waals surface area contributed by atoms with Gasteiger partial charge in [-0.05, 0) is 32.0 Å². The zero-order chi connectivity index (χ0) is 14.5. The second kappa shape index (κ2) is 6.36. The predicted octanol–water partition coefficient (Wildman–Crippen LogP) is 1.16. The lowest BCUT2D eigenvalue weighted by Gasteiger charge is -2.09. The van der Waals surface area contributed by atoms with Crippen molar-refractivity contribution in [3.63, 3.8) is 0 Å². The molecule has 0 radical (unpaired) electrons. The van der Waals surface area contributed by atoms with Crippen LogP contribution in [-0.2, 0) is 14.3 Å². The van der Waals surface area contributed by atoms with Crippen LogP contribution < -0.4 is 5.32 Å². The molecule has 1 aromatic carbocycles. The van der Waals surface area contributed by atoms with Gasteiger partial charge in [-0.1, -0.05) is 12.0 Å². The van der Waals surface area contributed by atoms with Gasteiger partial charge in [-0.2, -0.15) is 8.42 Å². The lowest BCUT2D eigenvalue weighted by atomic mass is 10.2. The maximum absolute atomic E-state index is 11.8. The fourth-order valence-corrected chi connectivity index (χ4v) is 2.47. The Kier molecular flexibility index (Phi) is 5.10. The van der Waals surface area contributed by atoms with E-state index in [0.717, 1.165) is 0 Å². The highest BCUT2D eigenvalue weighted by Gasteiger charge is 2.18. The molecule has 0 aliphatic carbocycles. The lowest BCUT2D eigenvalue weighted by molar-refractivity contribution is 0.0958. The molecule has 0 aromatic heterocycles. The van der Waals surface area contributed by atoms with Crippen LogP contribution in [0.5, 0.6) is 0 Å². The molecule has 0 fully saturated rings. The van der Waals surface area contributed by atoms with Crippen LogP contribution in [0.1, 0.15) is 24.2 Å². The molecule has 102 valence electrons. The average Bonchev–Trinajstić information content (AvgIpc) is 2.34. The molecule has 1 amide bonds. The van der Waals surface area contributed by atoms with Gasteiger partial charge in [0, 0.05) is 5.56 Å². The van der Waals surface area contributed by atoms with Gasteiger partial charge in [-0.25, -0.2) is 0 Å². The molecule has 1 aromatic rings. The first-order chi connectivity index (χ1) is 8.86. The standard InChI is InChI=1S/C13H15NO4S/c1-4-8-14-13(15)11-6-5-7-12(9-11)19(16,17)18-10(2)3/h1,5-7,9-10H,8H2,2-3H3,(H,14,15). The number of hydrogen-bond donors (Lipinski definition) is 1. The third-order valence-electron chi connectivity index (χ3n) is 2.06. The summed E-state index contributed by atoms with van der Waals surface area (Å²) in [5.41, 5.74) is 0.212. The molecule has 0 bridgehead atoms. The van der Waals surface area contributed by atoms with Crippen LogP contribution in [0.15, 0.2) is 29.2 Å². The van der Waals surface area contributed by atoms with Crippen LogP contribution in [0.2, 0.25) is 0 Å². The van der Waals surface area contributed by atoms with Gasteiger partial charge in [0.2, 0.25) is 0 Å². The lowest BCUT2D eigenvalue weighted by Crippen LogP contribution is -2.23. The maximum atomic E-state index is 11.8. The van der Waals surface area contributed by atoms with E-state index in [1.807, 2.05) is 0 Å². The van der Waals surface area contributed by atoms with E-state index < -0.39 is 22.1 Å². The molecule has 1 N–H and O–H groups in total. The molecule has 6 heteroatoms. The van der Waals surface area contributed by atoms with Gasteiger partial charge in [-0.15, -0.1) is 6.42 Å². The van der Waals surface area contributed by atoms with Crippen molar-refractivity contribution in [2.75, 3.05) is 6.54 Å². The van der Waals surface area contributed by atoms with E-state index in [4.69, 9.17) is 10.6 Å². The molecule has 0 spiro atoms. The van der Waals surface area contributed by atoms with Gasteiger partial charge in [0.1, 0.15) is 0 Å². The SMILES string of the molecule is C#CCNC(=O)c1cccc(S(=O)(=O)OC(C)C)c1. The van der Waals surface area contributed by atoms with Crippen LogP contribution in [0.4, 0.5) is 0 Å². The minimum atomic E-state index is -3.86. The van der Waals surface area contributed by atoms with E-state index in [0.29, 0.717) is 0 Å². The first kappa shape index (κ1) is 15.2. The van der Waals surface area contributed by atoms with E-state index in [-0.39, 0.29) is 17.0 Å². The van der Waals surface area contributed by atoms with Gasteiger partial charge < -0.3 is 5.32 Å². The van der Waals surface area contributed by atoms with E-state index >= 15 is 0 Å². The van der Waals surface area contributed by atoms with Crippen LogP contribution in [0, 0.1) is 12.3 Å². The number of carbonyl (C=O) groups is 1. The van der Waals surface area contributed by atoms with Crippen LogP contribution in [-0.4, -0.2) is 27.0 Å². The van der Waals surface area contributed by atoms with Crippen LogP contribution in [0.3, 0.4) is 0 Å². The molecule has 19 heavy (non-hydrogen) atoms. The zero-order valence-electron chi connectivity index (χ0n) is 10.7. The summed E-state index contributed by atoms with van der Waals surface area (Å²) in [6.07, 6.45) is 4.56. The maximum Gasteiger partial charge on any atom is 0.297 e. The number of benzene rings is 1. The van der Waals surface area contributed by atoms with Crippen molar-refractivity contribution in [3.8, 4) is 12.3 Å². The van der Waals surface area contributed by atoms with Gasteiger partial charge >= 0.3 is 0 Å². The molecule has 0 saturated heterocycles. The second-order valence-electron chi connectivity index (χ2n) is 4.01. The van der Waals surface area contributed by atoms with E-state index in [1.54, 1.807) is 13.8 Å². The molecule has 0 aliphatic heterocycles. The first-order valence-corrected chi connectivity index (χ1v) is 7.02. The molecule has 1 rings (SSSR count). The molecule has 0 heterocycles. The van der Waals surface area contributed by atoms with Gasteiger partial charge in [0.25, 0.3) is 16.0 Å². The van der Waals surface area contributed by atoms with Crippen molar-refractivity contribution >= 4 is 16.0 Å².